The fourth-order valence-electron chi connectivity index (χ4n) is 3.14. The first-order valence-electron chi connectivity index (χ1n) is 10.2. The lowest BCUT2D eigenvalue weighted by molar-refractivity contribution is -0.164. The molecule has 0 heterocycles. The Morgan fingerprint density at radius 3 is 2.23 bits per heavy atom. The van der Waals surface area contributed by atoms with Crippen molar-refractivity contribution in [2.24, 2.45) is 0 Å². The Kier molecular flexibility index (Phi) is 11.1. The zero-order valence-electron chi connectivity index (χ0n) is 18.5. The molecule has 1 rings (SSSR count). The fourth-order valence-corrected chi connectivity index (χ4v) is 3.14. The molecule has 0 fully saturated rings. The molecule has 1 unspecified atom stereocenters. The normalized spacial score (nSPS) is 12.1. The maximum atomic E-state index is 14.3. The van der Waals surface area contributed by atoms with E-state index >= 15 is 0 Å². The molecule has 0 saturated carbocycles. The van der Waals surface area contributed by atoms with Crippen LogP contribution < -0.4 is 0 Å². The van der Waals surface area contributed by atoms with Gasteiger partial charge in [0.25, 0.3) is 0 Å². The molecule has 1 aromatic carbocycles. The van der Waals surface area contributed by atoms with Crippen LogP contribution in [0.4, 0.5) is 13.6 Å². The number of benzene rings is 1. The number of hydrogen-bond donors (Lipinski definition) is 1. The highest BCUT2D eigenvalue weighted by Crippen LogP contribution is 2.19. The number of carbonyl (C=O) groups is 2. The van der Waals surface area contributed by atoms with Crippen LogP contribution in [0.5, 0.6) is 0 Å². The number of carbonyl (C=O) groups excluding carboxylic acids is 1. The van der Waals surface area contributed by atoms with E-state index in [1.807, 2.05) is 0 Å². The summed E-state index contributed by atoms with van der Waals surface area (Å²) in [4.78, 5) is 27.7. The van der Waals surface area contributed by atoms with Gasteiger partial charge in [0.1, 0.15) is 17.7 Å². The van der Waals surface area contributed by atoms with Crippen molar-refractivity contribution in [3.8, 4) is 0 Å². The van der Waals surface area contributed by atoms with Crippen LogP contribution in [-0.4, -0.2) is 71.6 Å². The van der Waals surface area contributed by atoms with Gasteiger partial charge in [-0.2, -0.15) is 0 Å². The quantitative estimate of drug-likeness (QED) is 0.372. The Morgan fingerprint density at radius 1 is 1.16 bits per heavy atom. The summed E-state index contributed by atoms with van der Waals surface area (Å²) in [6.07, 6.45) is -0.960. The largest absolute Gasteiger partial charge is 0.465 e. The third-order valence-corrected chi connectivity index (χ3v) is 4.62. The highest BCUT2D eigenvalue weighted by Gasteiger charge is 2.35. The van der Waals surface area contributed by atoms with Gasteiger partial charge in [-0.3, -0.25) is 9.69 Å². The summed E-state index contributed by atoms with van der Waals surface area (Å²) >= 11 is 0. The van der Waals surface area contributed by atoms with E-state index in [0.717, 1.165) is 11.0 Å². The van der Waals surface area contributed by atoms with Crippen LogP contribution in [0.25, 0.3) is 0 Å². The van der Waals surface area contributed by atoms with E-state index in [2.05, 4.69) is 6.58 Å². The van der Waals surface area contributed by atoms with Crippen LogP contribution in [0.2, 0.25) is 0 Å². The maximum absolute atomic E-state index is 14.3. The van der Waals surface area contributed by atoms with Gasteiger partial charge in [0.2, 0.25) is 5.91 Å². The van der Waals surface area contributed by atoms with E-state index < -0.39 is 36.0 Å². The topological polar surface area (TPSA) is 79.3 Å². The maximum Gasteiger partial charge on any atom is 0.408 e. The smallest absolute Gasteiger partial charge is 0.408 e. The number of amides is 2. The Morgan fingerprint density at radius 2 is 1.77 bits per heavy atom. The van der Waals surface area contributed by atoms with E-state index in [1.54, 1.807) is 27.7 Å². The molecule has 0 aromatic heterocycles. The second-order valence-corrected chi connectivity index (χ2v) is 7.10. The molecule has 0 bridgehead atoms. The van der Waals surface area contributed by atoms with E-state index in [0.29, 0.717) is 19.3 Å². The average molecular weight is 443 g/mol. The number of carboxylic acid groups (broad SMARTS) is 1. The van der Waals surface area contributed by atoms with Crippen LogP contribution in [0, 0.1) is 11.6 Å². The molecule has 7 nitrogen and oxygen atoms in total. The van der Waals surface area contributed by atoms with Gasteiger partial charge in [0.15, 0.2) is 6.29 Å². The Labute approximate surface area is 182 Å². The molecule has 0 aliphatic heterocycles. The van der Waals surface area contributed by atoms with Gasteiger partial charge in [-0.15, -0.1) is 6.58 Å². The number of hydrogen-bond acceptors (Lipinski definition) is 4. The van der Waals surface area contributed by atoms with Crippen LogP contribution in [-0.2, 0) is 20.7 Å². The van der Waals surface area contributed by atoms with Gasteiger partial charge in [-0.1, -0.05) is 12.1 Å². The van der Waals surface area contributed by atoms with Crippen molar-refractivity contribution in [2.75, 3.05) is 26.3 Å². The highest BCUT2D eigenvalue weighted by atomic mass is 19.1. The molecular weight excluding hydrogens is 410 g/mol. The summed E-state index contributed by atoms with van der Waals surface area (Å²) in [6, 6.07) is 1.43. The van der Waals surface area contributed by atoms with Gasteiger partial charge < -0.3 is 19.5 Å². The predicted molar refractivity (Wildman–Crippen MR) is 113 cm³/mol. The van der Waals surface area contributed by atoms with Gasteiger partial charge in [-0.05, 0) is 39.3 Å². The van der Waals surface area contributed by atoms with Crippen molar-refractivity contribution >= 4 is 12.0 Å². The third-order valence-electron chi connectivity index (χ3n) is 4.62. The van der Waals surface area contributed by atoms with Crippen molar-refractivity contribution in [3.05, 3.63) is 48.1 Å². The summed E-state index contributed by atoms with van der Waals surface area (Å²) in [7, 11) is 0. The Hall–Kier alpha value is -2.52. The standard InChI is InChI=1S/C22H32F2N2O5/c1-6-11-25(22(28)29)19(12-16-9-10-17(23)13-18(16)24)21(27)26(15(4)5)14-20(30-7-2)31-8-3/h6,9-10,13,15,19-20H,1,7-8,11-12,14H2,2-5H3,(H,28,29). The van der Waals surface area contributed by atoms with Crippen LogP contribution >= 0.6 is 0 Å². The van der Waals surface area contributed by atoms with Crippen molar-refractivity contribution < 1.29 is 33.0 Å². The molecule has 2 amide bonds. The van der Waals surface area contributed by atoms with Crippen molar-refractivity contribution in [2.45, 2.75) is 52.5 Å². The molecule has 0 aliphatic rings. The van der Waals surface area contributed by atoms with Crippen LogP contribution in [0.15, 0.2) is 30.9 Å². The Bertz CT molecular complexity index is 739. The molecule has 0 aliphatic carbocycles. The third kappa shape index (κ3) is 7.91. The lowest BCUT2D eigenvalue weighted by atomic mass is 10.0. The molecule has 0 spiro atoms. The number of rotatable bonds is 13. The Balaban J connectivity index is 3.32. The van der Waals surface area contributed by atoms with Crippen molar-refractivity contribution in [3.63, 3.8) is 0 Å². The van der Waals surface area contributed by atoms with Crippen LogP contribution in [0.3, 0.4) is 0 Å². The first-order chi connectivity index (χ1) is 14.7. The first-order valence-corrected chi connectivity index (χ1v) is 10.2. The van der Waals surface area contributed by atoms with Crippen LogP contribution in [0.1, 0.15) is 33.3 Å². The predicted octanol–water partition coefficient (Wildman–Crippen LogP) is 3.68. The van der Waals surface area contributed by atoms with Gasteiger partial charge in [0, 0.05) is 38.3 Å². The minimum Gasteiger partial charge on any atom is -0.465 e. The molecule has 0 radical (unpaired) electrons. The number of ether oxygens (including phenoxy) is 2. The molecule has 9 heteroatoms. The fraction of sp³-hybridized carbons (Fsp3) is 0.545. The first kappa shape index (κ1) is 26.5. The summed E-state index contributed by atoms with van der Waals surface area (Å²) in [6.45, 7) is 11.4. The summed E-state index contributed by atoms with van der Waals surface area (Å²) in [5.74, 6) is -2.14. The van der Waals surface area contributed by atoms with E-state index in [9.17, 15) is 23.5 Å². The lowest BCUT2D eigenvalue weighted by Gasteiger charge is -2.36. The average Bonchev–Trinajstić information content (AvgIpc) is 2.69. The SMILES string of the molecule is C=CCN(C(=O)O)C(Cc1ccc(F)cc1F)C(=O)N(CC(OCC)OCC)C(C)C. The molecular formula is C22H32F2N2O5. The molecule has 1 atom stereocenters. The molecule has 174 valence electrons. The lowest BCUT2D eigenvalue weighted by Crippen LogP contribution is -2.55. The number of halogens is 2. The second-order valence-electron chi connectivity index (χ2n) is 7.10. The van der Waals surface area contributed by atoms with Gasteiger partial charge in [0.05, 0.1) is 6.54 Å². The highest BCUT2D eigenvalue weighted by molar-refractivity contribution is 5.86. The van der Waals surface area contributed by atoms with Gasteiger partial charge >= 0.3 is 6.09 Å². The minimum atomic E-state index is -1.35. The zero-order valence-corrected chi connectivity index (χ0v) is 18.5. The second kappa shape index (κ2) is 13.0. The zero-order chi connectivity index (χ0) is 23.6. The van der Waals surface area contributed by atoms with Crippen molar-refractivity contribution in [1.29, 1.82) is 0 Å². The molecule has 1 aromatic rings. The monoisotopic (exact) mass is 442 g/mol. The minimum absolute atomic E-state index is 0.0323. The summed E-state index contributed by atoms with van der Waals surface area (Å²) in [5.41, 5.74) is 0.0323. The molecule has 1 N–H and O–H groups in total. The van der Waals surface area contributed by atoms with E-state index in [4.69, 9.17) is 9.47 Å². The number of nitrogens with zero attached hydrogens (tertiary/aromatic N) is 2. The van der Waals surface area contributed by atoms with Gasteiger partial charge in [-0.25, -0.2) is 13.6 Å². The van der Waals surface area contributed by atoms with E-state index in [1.165, 1.54) is 17.0 Å². The summed E-state index contributed by atoms with van der Waals surface area (Å²) < 4.78 is 38.7. The van der Waals surface area contributed by atoms with E-state index in [-0.39, 0.29) is 31.1 Å². The van der Waals surface area contributed by atoms with Crippen molar-refractivity contribution in [1.82, 2.24) is 9.80 Å². The summed E-state index contributed by atoms with van der Waals surface area (Å²) in [5, 5.41) is 9.69. The molecule has 31 heavy (non-hydrogen) atoms. The molecule has 0 saturated heterocycles.